The molecule has 18 heavy (non-hydrogen) atoms. The number of nitrogens with zero attached hydrogens (tertiary/aromatic N) is 1. The molecular formula is C13H22N2O3. The van der Waals surface area contributed by atoms with Crippen LogP contribution in [0, 0.1) is 11.3 Å². The average Bonchev–Trinajstić information content (AvgIpc) is 2.98. The molecular weight excluding hydrogens is 232 g/mol. The molecule has 0 aromatic rings. The molecule has 5 nitrogen and oxygen atoms in total. The number of amides is 1. The maximum atomic E-state index is 12.3. The SMILES string of the molecule is CC(C)C1(C(=O)O)CCN(C(=O)[C@@H]2CCCN2)C1. The number of rotatable bonds is 3. The number of carbonyl (C=O) groups excluding carboxylic acids is 1. The van der Waals surface area contributed by atoms with Crippen molar-refractivity contribution in [2.75, 3.05) is 19.6 Å². The first-order valence-electron chi connectivity index (χ1n) is 6.73. The second-order valence-electron chi connectivity index (χ2n) is 5.77. The molecule has 5 heteroatoms. The average molecular weight is 254 g/mol. The summed E-state index contributed by atoms with van der Waals surface area (Å²) in [4.78, 5) is 25.5. The molecule has 1 unspecified atom stereocenters. The molecule has 2 fully saturated rings. The number of nitrogens with one attached hydrogen (secondary N) is 1. The van der Waals surface area contributed by atoms with Crippen LogP contribution in [0.15, 0.2) is 0 Å². The number of aliphatic carboxylic acids is 1. The van der Waals surface area contributed by atoms with Gasteiger partial charge in [0.15, 0.2) is 0 Å². The molecule has 0 aliphatic carbocycles. The van der Waals surface area contributed by atoms with E-state index in [4.69, 9.17) is 0 Å². The second-order valence-corrected chi connectivity index (χ2v) is 5.77. The van der Waals surface area contributed by atoms with Crippen molar-refractivity contribution in [2.24, 2.45) is 11.3 Å². The molecule has 0 radical (unpaired) electrons. The van der Waals surface area contributed by atoms with E-state index < -0.39 is 11.4 Å². The van der Waals surface area contributed by atoms with Crippen molar-refractivity contribution in [2.45, 2.75) is 39.2 Å². The van der Waals surface area contributed by atoms with Crippen molar-refractivity contribution < 1.29 is 14.7 Å². The third-order valence-electron chi connectivity index (χ3n) is 4.50. The van der Waals surface area contributed by atoms with E-state index in [0.717, 1.165) is 19.4 Å². The maximum Gasteiger partial charge on any atom is 0.311 e. The van der Waals surface area contributed by atoms with E-state index in [-0.39, 0.29) is 17.9 Å². The van der Waals surface area contributed by atoms with Crippen LogP contribution in [0.5, 0.6) is 0 Å². The molecule has 2 N–H and O–H groups in total. The van der Waals surface area contributed by atoms with Crippen LogP contribution in [0.1, 0.15) is 33.1 Å². The molecule has 102 valence electrons. The number of hydrogen-bond donors (Lipinski definition) is 2. The Labute approximate surface area is 108 Å². The van der Waals surface area contributed by atoms with Crippen LogP contribution < -0.4 is 5.32 Å². The normalized spacial score (nSPS) is 32.2. The van der Waals surface area contributed by atoms with Crippen LogP contribution in [0.4, 0.5) is 0 Å². The van der Waals surface area contributed by atoms with E-state index >= 15 is 0 Å². The van der Waals surface area contributed by atoms with Gasteiger partial charge in [0.25, 0.3) is 0 Å². The van der Waals surface area contributed by atoms with Crippen LogP contribution in [-0.4, -0.2) is 47.6 Å². The van der Waals surface area contributed by atoms with E-state index in [0.29, 0.717) is 19.5 Å². The van der Waals surface area contributed by atoms with Crippen LogP contribution >= 0.6 is 0 Å². The number of likely N-dealkylation sites (tertiary alicyclic amines) is 1. The Morgan fingerprint density at radius 2 is 2.17 bits per heavy atom. The Morgan fingerprint density at radius 1 is 1.44 bits per heavy atom. The zero-order valence-corrected chi connectivity index (χ0v) is 11.1. The van der Waals surface area contributed by atoms with Gasteiger partial charge in [-0.05, 0) is 31.7 Å². The van der Waals surface area contributed by atoms with Crippen LogP contribution in [-0.2, 0) is 9.59 Å². The summed E-state index contributed by atoms with van der Waals surface area (Å²) < 4.78 is 0. The van der Waals surface area contributed by atoms with Gasteiger partial charge in [-0.1, -0.05) is 13.8 Å². The predicted molar refractivity (Wildman–Crippen MR) is 67.1 cm³/mol. The van der Waals surface area contributed by atoms with Gasteiger partial charge in [0, 0.05) is 13.1 Å². The summed E-state index contributed by atoms with van der Waals surface area (Å²) in [6.07, 6.45) is 2.47. The fraction of sp³-hybridized carbons (Fsp3) is 0.846. The van der Waals surface area contributed by atoms with Gasteiger partial charge in [0.2, 0.25) is 5.91 Å². The van der Waals surface area contributed by atoms with E-state index in [9.17, 15) is 14.7 Å². The highest BCUT2D eigenvalue weighted by Crippen LogP contribution is 2.38. The first kappa shape index (κ1) is 13.3. The number of carboxylic acid groups (broad SMARTS) is 1. The highest BCUT2D eigenvalue weighted by Gasteiger charge is 2.49. The van der Waals surface area contributed by atoms with Gasteiger partial charge in [-0.25, -0.2) is 0 Å². The van der Waals surface area contributed by atoms with Crippen LogP contribution in [0.3, 0.4) is 0 Å². The van der Waals surface area contributed by atoms with Gasteiger partial charge in [-0.3, -0.25) is 9.59 Å². The van der Waals surface area contributed by atoms with E-state index in [2.05, 4.69) is 5.32 Å². The predicted octanol–water partition coefficient (Wildman–Crippen LogP) is 0.698. The van der Waals surface area contributed by atoms with Crippen molar-refractivity contribution in [3.05, 3.63) is 0 Å². The third-order valence-corrected chi connectivity index (χ3v) is 4.50. The molecule has 0 saturated carbocycles. The first-order valence-corrected chi connectivity index (χ1v) is 6.73. The molecule has 0 spiro atoms. The molecule has 2 heterocycles. The highest BCUT2D eigenvalue weighted by molar-refractivity contribution is 5.84. The van der Waals surface area contributed by atoms with Gasteiger partial charge >= 0.3 is 5.97 Å². The fourth-order valence-corrected chi connectivity index (χ4v) is 3.03. The zero-order chi connectivity index (χ0) is 13.3. The van der Waals surface area contributed by atoms with Crippen molar-refractivity contribution in [1.29, 1.82) is 0 Å². The van der Waals surface area contributed by atoms with Crippen molar-refractivity contribution in [3.63, 3.8) is 0 Å². The Bertz CT molecular complexity index is 350. The minimum Gasteiger partial charge on any atom is -0.481 e. The quantitative estimate of drug-likeness (QED) is 0.778. The smallest absolute Gasteiger partial charge is 0.311 e. The van der Waals surface area contributed by atoms with Crippen molar-refractivity contribution >= 4 is 11.9 Å². The molecule has 2 rings (SSSR count). The lowest BCUT2D eigenvalue weighted by molar-refractivity contribution is -0.151. The summed E-state index contributed by atoms with van der Waals surface area (Å²) in [5.41, 5.74) is -0.756. The molecule has 2 aliphatic heterocycles. The lowest BCUT2D eigenvalue weighted by Gasteiger charge is -2.29. The Kier molecular flexibility index (Phi) is 3.61. The Morgan fingerprint density at radius 3 is 2.61 bits per heavy atom. The molecule has 2 saturated heterocycles. The largest absolute Gasteiger partial charge is 0.481 e. The topological polar surface area (TPSA) is 69.6 Å². The second kappa shape index (κ2) is 4.88. The van der Waals surface area contributed by atoms with E-state index in [1.807, 2.05) is 13.8 Å². The molecule has 0 aromatic carbocycles. The van der Waals surface area contributed by atoms with Gasteiger partial charge in [-0.2, -0.15) is 0 Å². The summed E-state index contributed by atoms with van der Waals surface area (Å²) in [5.74, 6) is -0.646. The Hall–Kier alpha value is -1.10. The van der Waals surface area contributed by atoms with Gasteiger partial charge in [0.05, 0.1) is 11.5 Å². The Balaban J connectivity index is 2.06. The molecule has 2 atom stereocenters. The summed E-state index contributed by atoms with van der Waals surface area (Å²) in [6.45, 7) is 5.67. The van der Waals surface area contributed by atoms with Gasteiger partial charge in [-0.15, -0.1) is 0 Å². The molecule has 2 aliphatic rings. The zero-order valence-electron chi connectivity index (χ0n) is 11.1. The first-order chi connectivity index (χ1) is 8.47. The van der Waals surface area contributed by atoms with Crippen molar-refractivity contribution in [1.82, 2.24) is 10.2 Å². The highest BCUT2D eigenvalue weighted by atomic mass is 16.4. The van der Waals surface area contributed by atoms with Gasteiger partial charge < -0.3 is 15.3 Å². The number of carboxylic acids is 1. The lowest BCUT2D eigenvalue weighted by Crippen LogP contribution is -2.45. The summed E-state index contributed by atoms with van der Waals surface area (Å²) >= 11 is 0. The summed E-state index contributed by atoms with van der Waals surface area (Å²) in [7, 11) is 0. The fourth-order valence-electron chi connectivity index (χ4n) is 3.03. The number of carbonyl (C=O) groups is 2. The maximum absolute atomic E-state index is 12.3. The van der Waals surface area contributed by atoms with Crippen molar-refractivity contribution in [3.8, 4) is 0 Å². The monoisotopic (exact) mass is 254 g/mol. The van der Waals surface area contributed by atoms with E-state index in [1.54, 1.807) is 4.90 Å². The van der Waals surface area contributed by atoms with E-state index in [1.165, 1.54) is 0 Å². The van der Waals surface area contributed by atoms with Gasteiger partial charge in [0.1, 0.15) is 0 Å². The third kappa shape index (κ3) is 2.11. The van der Waals surface area contributed by atoms with Crippen LogP contribution in [0.2, 0.25) is 0 Å². The molecule has 0 aromatic heterocycles. The number of hydrogen-bond acceptors (Lipinski definition) is 3. The summed E-state index contributed by atoms with van der Waals surface area (Å²) in [6, 6.07) is -0.0956. The molecule has 1 amide bonds. The standard InChI is InChI=1S/C13H22N2O3/c1-9(2)13(12(17)18)5-7-15(8-13)11(16)10-4-3-6-14-10/h9-10,14H,3-8H2,1-2H3,(H,17,18)/t10-,13?/m0/s1. The minimum absolute atomic E-state index is 0.0457. The minimum atomic E-state index is -0.771. The lowest BCUT2D eigenvalue weighted by atomic mass is 9.76. The molecule has 0 bridgehead atoms. The van der Waals surface area contributed by atoms with Crippen LogP contribution in [0.25, 0.3) is 0 Å². The summed E-state index contributed by atoms with van der Waals surface area (Å²) in [5, 5.41) is 12.6.